The molecule has 2 unspecified atom stereocenters. The first-order chi connectivity index (χ1) is 8.78. The van der Waals surface area contributed by atoms with Crippen LogP contribution >= 0.6 is 11.3 Å². The molecule has 2 heterocycles. The third kappa shape index (κ3) is 2.24. The molecule has 2 N–H and O–H groups in total. The second-order valence-electron chi connectivity index (χ2n) is 7.22. The maximum absolute atomic E-state index is 12.6. The van der Waals surface area contributed by atoms with Crippen molar-refractivity contribution in [3.63, 3.8) is 0 Å². The zero-order chi connectivity index (χ0) is 13.8. The predicted octanol–water partition coefficient (Wildman–Crippen LogP) is 2.77. The summed E-state index contributed by atoms with van der Waals surface area (Å²) in [5.41, 5.74) is 6.73. The number of likely N-dealkylation sites (tertiary alicyclic amines) is 1. The molecule has 0 spiro atoms. The number of amides is 1. The third-order valence-corrected chi connectivity index (χ3v) is 5.09. The summed E-state index contributed by atoms with van der Waals surface area (Å²) < 4.78 is 0. The van der Waals surface area contributed by atoms with Crippen LogP contribution in [0.5, 0.6) is 0 Å². The number of nitrogen functional groups attached to an aromatic ring is 1. The highest BCUT2D eigenvalue weighted by molar-refractivity contribution is 7.13. The van der Waals surface area contributed by atoms with Crippen LogP contribution in [-0.4, -0.2) is 28.4 Å². The van der Waals surface area contributed by atoms with E-state index in [0.717, 1.165) is 19.4 Å². The number of hydrogen-bond donors (Lipinski definition) is 1. The van der Waals surface area contributed by atoms with Gasteiger partial charge in [-0.3, -0.25) is 4.79 Å². The Hall–Kier alpha value is -1.10. The number of rotatable bonds is 1. The van der Waals surface area contributed by atoms with Crippen LogP contribution < -0.4 is 5.73 Å². The summed E-state index contributed by atoms with van der Waals surface area (Å²) >= 11 is 1.33. The van der Waals surface area contributed by atoms with Crippen LogP contribution in [0.1, 0.15) is 50.5 Å². The van der Waals surface area contributed by atoms with Crippen molar-refractivity contribution >= 4 is 22.4 Å². The smallest absolute Gasteiger partial charge is 0.273 e. The summed E-state index contributed by atoms with van der Waals surface area (Å²) in [6, 6.07) is 0.365. The van der Waals surface area contributed by atoms with Gasteiger partial charge in [0.25, 0.3) is 5.91 Å². The molecule has 2 atom stereocenters. The molecule has 1 aliphatic carbocycles. The Morgan fingerprint density at radius 3 is 2.84 bits per heavy atom. The lowest BCUT2D eigenvalue weighted by atomic mass is 9.65. The van der Waals surface area contributed by atoms with Crippen molar-refractivity contribution in [1.82, 2.24) is 9.88 Å². The second-order valence-corrected chi connectivity index (χ2v) is 8.11. The van der Waals surface area contributed by atoms with E-state index in [4.69, 9.17) is 5.73 Å². The summed E-state index contributed by atoms with van der Waals surface area (Å²) in [7, 11) is 0. The van der Waals surface area contributed by atoms with E-state index < -0.39 is 0 Å². The number of thiazole rings is 1. The summed E-state index contributed by atoms with van der Waals surface area (Å²) in [6.45, 7) is 7.79. The predicted molar refractivity (Wildman–Crippen MR) is 77.1 cm³/mol. The lowest BCUT2D eigenvalue weighted by Crippen LogP contribution is -2.37. The maximum Gasteiger partial charge on any atom is 0.273 e. The zero-order valence-corrected chi connectivity index (χ0v) is 12.6. The fourth-order valence-electron chi connectivity index (χ4n) is 4.23. The van der Waals surface area contributed by atoms with Crippen LogP contribution in [-0.2, 0) is 0 Å². The molecule has 5 heteroatoms. The van der Waals surface area contributed by atoms with E-state index in [1.165, 1.54) is 17.8 Å². The first kappa shape index (κ1) is 12.9. The van der Waals surface area contributed by atoms with Gasteiger partial charge in [0.15, 0.2) is 5.13 Å². The number of fused-ring (bicyclic) bond motifs is 2. The van der Waals surface area contributed by atoms with Gasteiger partial charge in [-0.05, 0) is 30.1 Å². The quantitative estimate of drug-likeness (QED) is 0.860. The monoisotopic (exact) mass is 279 g/mol. The molecule has 3 rings (SSSR count). The Morgan fingerprint density at radius 2 is 2.21 bits per heavy atom. The van der Waals surface area contributed by atoms with Gasteiger partial charge in [-0.25, -0.2) is 4.98 Å². The van der Waals surface area contributed by atoms with Gasteiger partial charge in [0.05, 0.1) is 0 Å². The summed E-state index contributed by atoms with van der Waals surface area (Å²) in [4.78, 5) is 18.7. The van der Waals surface area contributed by atoms with E-state index in [1.54, 1.807) is 5.38 Å². The highest BCUT2D eigenvalue weighted by Gasteiger charge is 2.51. The number of carbonyl (C=O) groups is 1. The van der Waals surface area contributed by atoms with Crippen molar-refractivity contribution in [2.24, 2.45) is 10.8 Å². The van der Waals surface area contributed by atoms with Crippen molar-refractivity contribution in [3.05, 3.63) is 11.1 Å². The summed E-state index contributed by atoms with van der Waals surface area (Å²) in [5, 5.41) is 2.24. The van der Waals surface area contributed by atoms with Crippen LogP contribution in [0, 0.1) is 10.8 Å². The normalized spacial score (nSPS) is 32.6. The molecule has 0 aromatic carbocycles. The van der Waals surface area contributed by atoms with Crippen molar-refractivity contribution in [1.29, 1.82) is 0 Å². The Morgan fingerprint density at radius 1 is 1.47 bits per heavy atom. The van der Waals surface area contributed by atoms with Gasteiger partial charge in [0.2, 0.25) is 0 Å². The Bertz CT molecular complexity index is 525. The molecule has 1 amide bonds. The third-order valence-electron chi connectivity index (χ3n) is 4.42. The molecule has 1 saturated heterocycles. The van der Waals surface area contributed by atoms with E-state index in [-0.39, 0.29) is 11.3 Å². The van der Waals surface area contributed by atoms with Crippen LogP contribution in [0.2, 0.25) is 0 Å². The largest absolute Gasteiger partial charge is 0.375 e. The molecule has 104 valence electrons. The first-order valence-electron chi connectivity index (χ1n) is 6.80. The van der Waals surface area contributed by atoms with Gasteiger partial charge >= 0.3 is 0 Å². The van der Waals surface area contributed by atoms with Gasteiger partial charge in [0, 0.05) is 18.0 Å². The molecule has 1 aromatic rings. The van der Waals surface area contributed by atoms with Crippen molar-refractivity contribution in [2.75, 3.05) is 12.3 Å². The molecule has 4 nitrogen and oxygen atoms in total. The Kier molecular flexibility index (Phi) is 2.68. The molecule has 2 bridgehead atoms. The van der Waals surface area contributed by atoms with Crippen LogP contribution in [0.25, 0.3) is 0 Å². The SMILES string of the molecule is CC1(C)CC2CC(C)(CN2C(=O)c2csc(N)n2)C1. The minimum atomic E-state index is 0.0550. The standard InChI is InChI=1S/C14H21N3OS/c1-13(2)4-9-5-14(3,7-13)8-17(9)11(18)10-6-19-12(15)16-10/h6,9H,4-5,7-8H2,1-3H3,(H2,15,16). The van der Waals surface area contributed by atoms with E-state index in [0.29, 0.717) is 22.3 Å². The van der Waals surface area contributed by atoms with E-state index >= 15 is 0 Å². The number of hydrogen-bond acceptors (Lipinski definition) is 4. The van der Waals surface area contributed by atoms with Gasteiger partial charge in [-0.1, -0.05) is 20.8 Å². The van der Waals surface area contributed by atoms with Crippen LogP contribution in [0.4, 0.5) is 5.13 Å². The average Bonchev–Trinajstić information content (AvgIpc) is 2.78. The topological polar surface area (TPSA) is 59.2 Å². The molecule has 1 aromatic heterocycles. The number of nitrogens with zero attached hydrogens (tertiary/aromatic N) is 2. The minimum absolute atomic E-state index is 0.0550. The second kappa shape index (κ2) is 3.95. The van der Waals surface area contributed by atoms with E-state index in [2.05, 4.69) is 25.8 Å². The number of nitrogens with two attached hydrogens (primary N) is 1. The molecule has 2 fully saturated rings. The highest BCUT2D eigenvalue weighted by atomic mass is 32.1. The Balaban J connectivity index is 1.86. The molecule has 1 saturated carbocycles. The lowest BCUT2D eigenvalue weighted by Gasteiger charge is -2.39. The van der Waals surface area contributed by atoms with Crippen LogP contribution in [0.3, 0.4) is 0 Å². The van der Waals surface area contributed by atoms with Gasteiger partial charge in [-0.2, -0.15) is 0 Å². The van der Waals surface area contributed by atoms with Crippen LogP contribution in [0.15, 0.2) is 5.38 Å². The van der Waals surface area contributed by atoms with Crippen molar-refractivity contribution in [2.45, 2.75) is 46.1 Å². The van der Waals surface area contributed by atoms with Gasteiger partial charge < -0.3 is 10.6 Å². The zero-order valence-electron chi connectivity index (χ0n) is 11.8. The summed E-state index contributed by atoms with van der Waals surface area (Å²) in [5.74, 6) is 0.0550. The number of carbonyl (C=O) groups excluding carboxylic acids is 1. The lowest BCUT2D eigenvalue weighted by molar-refractivity contribution is 0.0703. The molecule has 19 heavy (non-hydrogen) atoms. The van der Waals surface area contributed by atoms with E-state index in [9.17, 15) is 4.79 Å². The van der Waals surface area contributed by atoms with Crippen molar-refractivity contribution < 1.29 is 4.79 Å². The highest BCUT2D eigenvalue weighted by Crippen LogP contribution is 2.52. The number of anilines is 1. The molecular weight excluding hydrogens is 258 g/mol. The molecule has 0 radical (unpaired) electrons. The van der Waals surface area contributed by atoms with Gasteiger partial charge in [-0.15, -0.1) is 11.3 Å². The first-order valence-corrected chi connectivity index (χ1v) is 7.68. The fraction of sp³-hybridized carbons (Fsp3) is 0.714. The minimum Gasteiger partial charge on any atom is -0.375 e. The Labute approximate surface area is 118 Å². The molecular formula is C14H21N3OS. The fourth-order valence-corrected chi connectivity index (χ4v) is 4.77. The maximum atomic E-state index is 12.6. The van der Waals surface area contributed by atoms with Gasteiger partial charge in [0.1, 0.15) is 5.69 Å². The average molecular weight is 279 g/mol. The molecule has 2 aliphatic rings. The van der Waals surface area contributed by atoms with E-state index in [1.807, 2.05) is 4.90 Å². The molecule has 1 aliphatic heterocycles. The summed E-state index contributed by atoms with van der Waals surface area (Å²) in [6.07, 6.45) is 3.41. The van der Waals surface area contributed by atoms with Crippen molar-refractivity contribution in [3.8, 4) is 0 Å². The number of aromatic nitrogens is 1.